The first-order chi connectivity index (χ1) is 5.22. The lowest BCUT2D eigenvalue weighted by molar-refractivity contribution is -0.421. The average Bonchev–Trinajstić information content (AvgIpc) is 2.13. The lowest BCUT2D eigenvalue weighted by Crippen LogP contribution is -1.97. The number of nitrogens with zero attached hydrogens (tertiary/aromatic N) is 1. The maximum Gasteiger partial charge on any atom is 0.302 e. The molecule has 11 heavy (non-hydrogen) atoms. The zero-order valence-electron chi connectivity index (χ0n) is 5.50. The number of hydrogen-bond donors (Lipinski definition) is 0. The number of halogens is 1. The fraction of sp³-hybridized carbons (Fsp3) is 0.143. The monoisotopic (exact) mass is 153 g/mol. The van der Waals surface area contributed by atoms with Gasteiger partial charge in [-0.15, -0.1) is 0 Å². The zero-order chi connectivity index (χ0) is 8.27. The molecule has 56 valence electrons. The Morgan fingerprint density at radius 1 is 1.73 bits per heavy atom. The topological polar surface area (TPSA) is 43.1 Å². The van der Waals surface area contributed by atoms with Crippen molar-refractivity contribution in [3.63, 3.8) is 0 Å². The van der Waals surface area contributed by atoms with Crippen molar-refractivity contribution >= 4 is 0 Å². The van der Waals surface area contributed by atoms with Gasteiger partial charge in [0.15, 0.2) is 5.83 Å². The summed E-state index contributed by atoms with van der Waals surface area (Å²) in [4.78, 5) is 9.36. The summed E-state index contributed by atoms with van der Waals surface area (Å²) >= 11 is 0. The molecular weight excluding hydrogens is 149 g/mol. The molecule has 0 bridgehead atoms. The van der Waals surface area contributed by atoms with Crippen molar-refractivity contribution in [2.24, 2.45) is 0 Å². The standard InChI is InChI=1S/C7H4FNO2/c8-6-4-2-1-3-5-7(6)9(10)11/h3,5H,4H2. The van der Waals surface area contributed by atoms with Gasteiger partial charge in [0, 0.05) is 6.08 Å². The molecule has 0 atom stereocenters. The van der Waals surface area contributed by atoms with Gasteiger partial charge < -0.3 is 0 Å². The summed E-state index contributed by atoms with van der Waals surface area (Å²) in [7, 11) is 0. The molecule has 1 aliphatic rings. The van der Waals surface area contributed by atoms with E-state index in [1.165, 1.54) is 6.08 Å². The Hall–Kier alpha value is -1.63. The molecule has 0 radical (unpaired) electrons. The second-order valence-electron chi connectivity index (χ2n) is 1.88. The van der Waals surface area contributed by atoms with Gasteiger partial charge in [0.05, 0.1) is 11.3 Å². The van der Waals surface area contributed by atoms with Gasteiger partial charge in [0.2, 0.25) is 0 Å². The first kappa shape index (κ1) is 7.48. The largest absolute Gasteiger partial charge is 0.302 e. The zero-order valence-corrected chi connectivity index (χ0v) is 5.50. The predicted molar refractivity (Wildman–Crippen MR) is 36.7 cm³/mol. The van der Waals surface area contributed by atoms with Crippen LogP contribution >= 0.6 is 0 Å². The third-order valence-corrected chi connectivity index (χ3v) is 1.14. The van der Waals surface area contributed by atoms with Gasteiger partial charge in [-0.1, -0.05) is 11.8 Å². The Labute approximate surface area is 62.4 Å². The van der Waals surface area contributed by atoms with Gasteiger partial charge in [0.25, 0.3) is 0 Å². The summed E-state index contributed by atoms with van der Waals surface area (Å²) < 4.78 is 12.6. The van der Waals surface area contributed by atoms with Crippen molar-refractivity contribution in [3.05, 3.63) is 33.8 Å². The van der Waals surface area contributed by atoms with E-state index < -0.39 is 16.4 Å². The minimum Gasteiger partial charge on any atom is -0.258 e. The second kappa shape index (κ2) is 2.97. The lowest BCUT2D eigenvalue weighted by atomic mass is 10.3. The maximum atomic E-state index is 12.6. The molecular formula is C7H4FNO2. The molecule has 4 heteroatoms. The molecule has 1 rings (SSSR count). The molecule has 0 aromatic carbocycles. The summed E-state index contributed by atoms with van der Waals surface area (Å²) in [6.07, 6.45) is 2.16. The van der Waals surface area contributed by atoms with Crippen molar-refractivity contribution in [1.82, 2.24) is 0 Å². The Balaban J connectivity index is 3.01. The van der Waals surface area contributed by atoms with E-state index >= 15 is 0 Å². The van der Waals surface area contributed by atoms with Crippen LogP contribution < -0.4 is 0 Å². The van der Waals surface area contributed by atoms with Gasteiger partial charge >= 0.3 is 5.70 Å². The summed E-state index contributed by atoms with van der Waals surface area (Å²) in [5.41, 5.74) is -0.512. The predicted octanol–water partition coefficient (Wildman–Crippen LogP) is 1.41. The van der Waals surface area contributed by atoms with E-state index in [1.54, 1.807) is 0 Å². The molecule has 1 aliphatic carbocycles. The molecule has 3 nitrogen and oxygen atoms in total. The van der Waals surface area contributed by atoms with Crippen LogP contribution in [0.1, 0.15) is 6.42 Å². The van der Waals surface area contributed by atoms with Crippen LogP contribution in [0.25, 0.3) is 0 Å². The Kier molecular flexibility index (Phi) is 2.02. The molecule has 0 saturated carbocycles. The third kappa shape index (κ3) is 1.64. The lowest BCUT2D eigenvalue weighted by Gasteiger charge is -1.89. The van der Waals surface area contributed by atoms with Gasteiger partial charge in [-0.05, 0) is 6.08 Å². The number of nitro groups is 1. The summed E-state index contributed by atoms with van der Waals surface area (Å²) in [6.45, 7) is 0. The molecule has 0 aromatic heterocycles. The Morgan fingerprint density at radius 2 is 2.45 bits per heavy atom. The number of allylic oxidation sites excluding steroid dienone is 3. The Bertz CT molecular complexity index is 306. The minimum atomic E-state index is -0.781. The van der Waals surface area contributed by atoms with Crippen molar-refractivity contribution in [3.8, 4) is 11.8 Å². The number of hydrogen-bond acceptors (Lipinski definition) is 2. The van der Waals surface area contributed by atoms with E-state index in [0.29, 0.717) is 0 Å². The van der Waals surface area contributed by atoms with Crippen LogP contribution in [0.5, 0.6) is 0 Å². The van der Waals surface area contributed by atoms with Crippen molar-refractivity contribution in [2.45, 2.75) is 6.42 Å². The number of rotatable bonds is 1. The van der Waals surface area contributed by atoms with E-state index in [1.807, 2.05) is 0 Å². The second-order valence-corrected chi connectivity index (χ2v) is 1.88. The van der Waals surface area contributed by atoms with Crippen molar-refractivity contribution in [1.29, 1.82) is 0 Å². The summed E-state index contributed by atoms with van der Waals surface area (Å²) in [5.74, 6) is 4.07. The van der Waals surface area contributed by atoms with Crippen LogP contribution in [0.2, 0.25) is 0 Å². The van der Waals surface area contributed by atoms with E-state index in [4.69, 9.17) is 0 Å². The van der Waals surface area contributed by atoms with Crippen LogP contribution in [0.3, 0.4) is 0 Å². The summed E-state index contributed by atoms with van der Waals surface area (Å²) in [6, 6.07) is 0. The minimum absolute atomic E-state index is 0.177. The first-order valence-electron chi connectivity index (χ1n) is 2.90. The van der Waals surface area contributed by atoms with Crippen molar-refractivity contribution in [2.75, 3.05) is 0 Å². The maximum absolute atomic E-state index is 12.6. The summed E-state index contributed by atoms with van der Waals surface area (Å²) in [5, 5.41) is 10.1. The average molecular weight is 153 g/mol. The van der Waals surface area contributed by atoms with Crippen LogP contribution in [-0.4, -0.2) is 4.92 Å². The highest BCUT2D eigenvalue weighted by molar-refractivity contribution is 5.30. The highest BCUT2D eigenvalue weighted by Gasteiger charge is 2.14. The van der Waals surface area contributed by atoms with E-state index in [9.17, 15) is 14.5 Å². The SMILES string of the molecule is O=[N+]([O-])C1=C(F)CC#CC=C1. The molecule has 0 fully saturated rings. The van der Waals surface area contributed by atoms with Crippen LogP contribution in [0, 0.1) is 22.0 Å². The third-order valence-electron chi connectivity index (χ3n) is 1.14. The molecule has 0 aromatic rings. The molecule has 0 aliphatic heterocycles. The molecule has 0 amide bonds. The van der Waals surface area contributed by atoms with E-state index in [2.05, 4.69) is 11.8 Å². The van der Waals surface area contributed by atoms with Gasteiger partial charge in [-0.2, -0.15) is 0 Å². The van der Waals surface area contributed by atoms with Crippen LogP contribution in [-0.2, 0) is 0 Å². The Morgan fingerprint density at radius 3 is 3.09 bits per heavy atom. The molecule has 0 spiro atoms. The van der Waals surface area contributed by atoms with E-state index in [0.717, 1.165) is 6.08 Å². The van der Waals surface area contributed by atoms with E-state index in [-0.39, 0.29) is 6.42 Å². The van der Waals surface area contributed by atoms with Gasteiger partial charge in [-0.25, -0.2) is 4.39 Å². The molecule has 0 N–H and O–H groups in total. The molecule has 0 heterocycles. The first-order valence-corrected chi connectivity index (χ1v) is 2.90. The molecule has 0 saturated heterocycles. The van der Waals surface area contributed by atoms with Crippen LogP contribution in [0.15, 0.2) is 23.7 Å². The fourth-order valence-corrected chi connectivity index (χ4v) is 0.649. The normalized spacial score (nSPS) is 15.4. The smallest absolute Gasteiger partial charge is 0.258 e. The van der Waals surface area contributed by atoms with Gasteiger partial charge in [-0.3, -0.25) is 10.1 Å². The van der Waals surface area contributed by atoms with Crippen LogP contribution in [0.4, 0.5) is 4.39 Å². The quantitative estimate of drug-likeness (QED) is 0.324. The van der Waals surface area contributed by atoms with Crippen molar-refractivity contribution < 1.29 is 9.31 Å². The highest BCUT2D eigenvalue weighted by Crippen LogP contribution is 2.13. The highest BCUT2D eigenvalue weighted by atomic mass is 19.1. The van der Waals surface area contributed by atoms with Gasteiger partial charge in [0.1, 0.15) is 0 Å². The fourth-order valence-electron chi connectivity index (χ4n) is 0.649. The molecule has 0 unspecified atom stereocenters.